The molecule has 0 aliphatic heterocycles. The van der Waals surface area contributed by atoms with E-state index in [4.69, 9.17) is 27.9 Å². The maximum atomic E-state index is 11.8. The van der Waals surface area contributed by atoms with Crippen LogP contribution in [0.2, 0.25) is 10.2 Å². The summed E-state index contributed by atoms with van der Waals surface area (Å²) in [5, 5.41) is 3.26. The van der Waals surface area contributed by atoms with Gasteiger partial charge in [0.1, 0.15) is 11.8 Å². The summed E-state index contributed by atoms with van der Waals surface area (Å²) in [5.41, 5.74) is 0.666. The van der Waals surface area contributed by atoms with Gasteiger partial charge in [0.15, 0.2) is 0 Å². The zero-order chi connectivity index (χ0) is 15.9. The molecule has 0 aliphatic carbocycles. The summed E-state index contributed by atoms with van der Waals surface area (Å²) in [5.74, 6) is -0.856. The Hall–Kier alpha value is -2.11. The molecule has 22 heavy (non-hydrogen) atoms. The highest BCUT2D eigenvalue weighted by Gasteiger charge is 2.11. The van der Waals surface area contributed by atoms with Gasteiger partial charge >= 0.3 is 5.97 Å². The van der Waals surface area contributed by atoms with Crippen LogP contribution in [0, 0.1) is 0 Å². The Kier molecular flexibility index (Phi) is 5.75. The van der Waals surface area contributed by atoms with E-state index in [-0.39, 0.29) is 29.8 Å². The van der Waals surface area contributed by atoms with Gasteiger partial charge in [0.05, 0.1) is 17.7 Å². The quantitative estimate of drug-likeness (QED) is 0.517. The summed E-state index contributed by atoms with van der Waals surface area (Å²) >= 11 is 11.5. The van der Waals surface area contributed by atoms with Crippen LogP contribution in [0.15, 0.2) is 42.6 Å². The predicted molar refractivity (Wildman–Crippen MR) is 83.3 cm³/mol. The largest absolute Gasteiger partial charge is 0.460 e. The highest BCUT2D eigenvalue weighted by atomic mass is 35.5. The number of carbonyl (C=O) groups is 2. The Labute approximate surface area is 137 Å². The van der Waals surface area contributed by atoms with Gasteiger partial charge in [-0.15, -0.1) is 0 Å². The van der Waals surface area contributed by atoms with Crippen LogP contribution in [0.4, 0.5) is 0 Å². The van der Waals surface area contributed by atoms with Crippen molar-refractivity contribution in [1.82, 2.24) is 10.3 Å². The molecule has 0 radical (unpaired) electrons. The average molecular weight is 339 g/mol. The number of aromatic nitrogens is 1. The van der Waals surface area contributed by atoms with Gasteiger partial charge in [-0.3, -0.25) is 4.79 Å². The van der Waals surface area contributed by atoms with Crippen molar-refractivity contribution in [3.05, 3.63) is 63.9 Å². The Morgan fingerprint density at radius 1 is 1.14 bits per heavy atom. The van der Waals surface area contributed by atoms with Gasteiger partial charge < -0.3 is 10.1 Å². The molecule has 0 saturated carbocycles. The molecule has 114 valence electrons. The normalized spacial score (nSPS) is 10.1. The summed E-state index contributed by atoms with van der Waals surface area (Å²) in [6.45, 7) is 0.217. The number of pyridine rings is 1. The van der Waals surface area contributed by atoms with Crippen molar-refractivity contribution >= 4 is 35.1 Å². The van der Waals surface area contributed by atoms with Gasteiger partial charge in [-0.1, -0.05) is 23.2 Å². The van der Waals surface area contributed by atoms with Crippen LogP contribution in [0.1, 0.15) is 20.7 Å². The third-order valence-electron chi connectivity index (χ3n) is 2.70. The van der Waals surface area contributed by atoms with Crippen LogP contribution >= 0.6 is 23.2 Å². The van der Waals surface area contributed by atoms with Crippen molar-refractivity contribution in [2.24, 2.45) is 0 Å². The molecule has 1 N–H and O–H groups in total. The van der Waals surface area contributed by atoms with E-state index in [0.717, 1.165) is 0 Å². The van der Waals surface area contributed by atoms with Crippen LogP contribution in [0.5, 0.6) is 0 Å². The Balaban J connectivity index is 1.77. The number of ether oxygens (including phenoxy) is 1. The topological polar surface area (TPSA) is 68.3 Å². The van der Waals surface area contributed by atoms with E-state index in [2.05, 4.69) is 10.3 Å². The molecule has 0 fully saturated rings. The minimum absolute atomic E-state index is 0.0467. The fraction of sp³-hybridized carbons (Fsp3) is 0.133. The molecule has 2 rings (SSSR count). The van der Waals surface area contributed by atoms with Crippen molar-refractivity contribution in [3.63, 3.8) is 0 Å². The lowest BCUT2D eigenvalue weighted by Crippen LogP contribution is -2.28. The van der Waals surface area contributed by atoms with Crippen LogP contribution < -0.4 is 5.32 Å². The lowest BCUT2D eigenvalue weighted by atomic mass is 10.2. The third kappa shape index (κ3) is 4.44. The maximum absolute atomic E-state index is 11.8. The maximum Gasteiger partial charge on any atom is 0.338 e. The molecule has 1 aromatic heterocycles. The molecule has 0 bridgehead atoms. The second kappa shape index (κ2) is 7.77. The van der Waals surface area contributed by atoms with Crippen molar-refractivity contribution in [2.45, 2.75) is 0 Å². The summed E-state index contributed by atoms with van der Waals surface area (Å²) in [6, 6.07) is 9.51. The average Bonchev–Trinajstić information content (AvgIpc) is 2.52. The molecule has 0 saturated heterocycles. The number of nitrogens with one attached hydrogen (secondary N) is 1. The van der Waals surface area contributed by atoms with E-state index in [1.54, 1.807) is 36.4 Å². The molecule has 0 atom stereocenters. The van der Waals surface area contributed by atoms with Crippen LogP contribution in [-0.4, -0.2) is 30.0 Å². The number of benzene rings is 1. The third-order valence-corrected chi connectivity index (χ3v) is 3.26. The number of nitrogens with zero attached hydrogens (tertiary/aromatic N) is 1. The SMILES string of the molecule is O=C(OCCNC(=O)c1cccnc1Cl)c1ccc(Cl)cc1. The van der Waals surface area contributed by atoms with E-state index in [1.807, 2.05) is 0 Å². The molecule has 7 heteroatoms. The summed E-state index contributed by atoms with van der Waals surface area (Å²) < 4.78 is 5.04. The number of esters is 1. The molecule has 1 aromatic carbocycles. The van der Waals surface area contributed by atoms with Gasteiger partial charge in [-0.05, 0) is 36.4 Å². The molecule has 0 aliphatic rings. The van der Waals surface area contributed by atoms with Crippen LogP contribution in [-0.2, 0) is 4.74 Å². The summed E-state index contributed by atoms with van der Waals surface area (Å²) in [6.07, 6.45) is 1.49. The Morgan fingerprint density at radius 2 is 1.86 bits per heavy atom. The number of amides is 1. The highest BCUT2D eigenvalue weighted by molar-refractivity contribution is 6.32. The highest BCUT2D eigenvalue weighted by Crippen LogP contribution is 2.11. The first kappa shape index (κ1) is 16.3. The number of rotatable bonds is 5. The second-order valence-corrected chi connectivity index (χ2v) is 5.03. The summed E-state index contributed by atoms with van der Waals surface area (Å²) in [4.78, 5) is 27.4. The van der Waals surface area contributed by atoms with E-state index < -0.39 is 5.97 Å². The van der Waals surface area contributed by atoms with Crippen molar-refractivity contribution < 1.29 is 14.3 Å². The van der Waals surface area contributed by atoms with Gasteiger partial charge in [-0.2, -0.15) is 0 Å². The zero-order valence-corrected chi connectivity index (χ0v) is 12.9. The van der Waals surface area contributed by atoms with Crippen molar-refractivity contribution in [3.8, 4) is 0 Å². The minimum atomic E-state index is -0.481. The molecule has 0 spiro atoms. The van der Waals surface area contributed by atoms with Gasteiger partial charge in [0, 0.05) is 11.2 Å². The Morgan fingerprint density at radius 3 is 2.55 bits per heavy atom. The van der Waals surface area contributed by atoms with E-state index in [9.17, 15) is 9.59 Å². The minimum Gasteiger partial charge on any atom is -0.460 e. The number of hydrogen-bond donors (Lipinski definition) is 1. The summed E-state index contributed by atoms with van der Waals surface area (Å²) in [7, 11) is 0. The van der Waals surface area contributed by atoms with Crippen molar-refractivity contribution in [2.75, 3.05) is 13.2 Å². The first-order chi connectivity index (χ1) is 10.6. The lowest BCUT2D eigenvalue weighted by Gasteiger charge is -2.07. The van der Waals surface area contributed by atoms with Gasteiger partial charge in [0.2, 0.25) is 0 Å². The fourth-order valence-electron chi connectivity index (χ4n) is 1.63. The lowest BCUT2D eigenvalue weighted by molar-refractivity contribution is 0.0503. The molecule has 5 nitrogen and oxygen atoms in total. The molecular formula is C15H12Cl2N2O3. The zero-order valence-electron chi connectivity index (χ0n) is 11.4. The Bertz CT molecular complexity index is 675. The van der Waals surface area contributed by atoms with E-state index in [0.29, 0.717) is 10.6 Å². The second-order valence-electron chi connectivity index (χ2n) is 4.24. The first-order valence-corrected chi connectivity index (χ1v) is 7.15. The van der Waals surface area contributed by atoms with Gasteiger partial charge in [-0.25, -0.2) is 9.78 Å². The van der Waals surface area contributed by atoms with Gasteiger partial charge in [0.25, 0.3) is 5.91 Å². The number of hydrogen-bond acceptors (Lipinski definition) is 4. The molecule has 1 heterocycles. The van der Waals surface area contributed by atoms with Crippen molar-refractivity contribution in [1.29, 1.82) is 0 Å². The molecule has 2 aromatic rings. The molecule has 0 unspecified atom stereocenters. The number of halogens is 2. The standard InChI is InChI=1S/C15H12Cl2N2O3/c16-11-5-3-10(4-6-11)15(21)22-9-8-19-14(20)12-2-1-7-18-13(12)17/h1-7H,8-9H2,(H,19,20). The monoisotopic (exact) mass is 338 g/mol. The first-order valence-electron chi connectivity index (χ1n) is 6.39. The van der Waals surface area contributed by atoms with Crippen LogP contribution in [0.3, 0.4) is 0 Å². The number of carbonyl (C=O) groups excluding carboxylic acids is 2. The van der Waals surface area contributed by atoms with E-state index in [1.165, 1.54) is 6.20 Å². The predicted octanol–water partition coefficient (Wildman–Crippen LogP) is 2.98. The van der Waals surface area contributed by atoms with E-state index >= 15 is 0 Å². The van der Waals surface area contributed by atoms with Crippen LogP contribution in [0.25, 0.3) is 0 Å². The smallest absolute Gasteiger partial charge is 0.338 e. The fourth-order valence-corrected chi connectivity index (χ4v) is 1.96. The molecule has 1 amide bonds. The molecular weight excluding hydrogens is 327 g/mol.